The van der Waals surface area contributed by atoms with Crippen LogP contribution in [0.2, 0.25) is 0 Å². The van der Waals surface area contributed by atoms with Crippen molar-refractivity contribution in [1.82, 2.24) is 31.1 Å². The molecule has 372 valence electrons. The maximum absolute atomic E-state index is 13.0. The van der Waals surface area contributed by atoms with E-state index >= 15 is 0 Å². The van der Waals surface area contributed by atoms with E-state index in [0.717, 1.165) is 105 Å². The van der Waals surface area contributed by atoms with Gasteiger partial charge in [-0.3, -0.25) is 29.0 Å². The zero-order chi connectivity index (χ0) is 50.0. The lowest BCUT2D eigenvalue weighted by Crippen LogP contribution is -2.44. The summed E-state index contributed by atoms with van der Waals surface area (Å²) in [5, 5.41) is 17.9. The molecule has 0 aliphatic carbocycles. The fourth-order valence-electron chi connectivity index (χ4n) is 8.64. The van der Waals surface area contributed by atoms with Gasteiger partial charge in [0.05, 0.1) is 37.6 Å². The molecule has 4 heterocycles. The van der Waals surface area contributed by atoms with Gasteiger partial charge < -0.3 is 46.9 Å². The third-order valence-corrected chi connectivity index (χ3v) is 12.1. The molecule has 0 unspecified atom stereocenters. The molecular formula is C54H62N8O9. The number of carbonyl (C=O) groups excluding carboxylic acids is 6. The van der Waals surface area contributed by atoms with E-state index in [1.54, 1.807) is 48.5 Å². The SMILES string of the molecule is C1COCCO1.NCCNCCCNCCN.O=C1OC(=O)c2cccc3cccc1c23.O=C1c2cccc3cccc(c23)C(=O)N1CCNCCCNCCN1C(=O)c2cccc3cccc(c23)C1=O. The Morgan fingerprint density at radius 2 is 0.662 bits per heavy atom. The molecule has 0 atom stereocenters. The summed E-state index contributed by atoms with van der Waals surface area (Å²) in [7, 11) is 0. The Morgan fingerprint density at radius 1 is 0.380 bits per heavy atom. The van der Waals surface area contributed by atoms with Gasteiger partial charge in [-0.25, -0.2) is 9.59 Å². The van der Waals surface area contributed by atoms with E-state index in [4.69, 9.17) is 20.9 Å². The summed E-state index contributed by atoms with van der Waals surface area (Å²) in [4.78, 5) is 77.4. The third-order valence-electron chi connectivity index (χ3n) is 12.1. The van der Waals surface area contributed by atoms with E-state index in [1.807, 2.05) is 60.7 Å². The Hall–Kier alpha value is -6.80. The lowest BCUT2D eigenvalue weighted by atomic mass is 9.94. The second-order valence-corrected chi connectivity index (χ2v) is 16.8. The molecule has 0 aromatic heterocycles. The van der Waals surface area contributed by atoms with Crippen molar-refractivity contribution in [1.29, 1.82) is 0 Å². The molecule has 0 radical (unpaired) electrons. The highest BCUT2D eigenvalue weighted by Crippen LogP contribution is 2.32. The normalized spacial score (nSPS) is 14.7. The number of nitrogens with one attached hydrogen (secondary N) is 4. The monoisotopic (exact) mass is 966 g/mol. The number of amides is 4. The lowest BCUT2D eigenvalue weighted by Gasteiger charge is -2.27. The number of ether oxygens (including phenoxy) is 3. The predicted octanol–water partition coefficient (Wildman–Crippen LogP) is 4.11. The number of nitrogens with zero attached hydrogens (tertiary/aromatic N) is 2. The number of benzene rings is 6. The first-order valence-electron chi connectivity index (χ1n) is 24.2. The molecule has 0 saturated carbocycles. The summed E-state index contributed by atoms with van der Waals surface area (Å²) in [6.07, 6.45) is 1.95. The van der Waals surface area contributed by atoms with Crippen molar-refractivity contribution >= 4 is 67.9 Å². The van der Waals surface area contributed by atoms with Crippen LogP contribution >= 0.6 is 0 Å². The molecule has 4 aliphatic heterocycles. The van der Waals surface area contributed by atoms with Crippen LogP contribution in [0.15, 0.2) is 109 Å². The quantitative estimate of drug-likeness (QED) is 0.0308. The van der Waals surface area contributed by atoms with Gasteiger partial charge in [0, 0.05) is 90.8 Å². The van der Waals surface area contributed by atoms with Crippen molar-refractivity contribution in [3.63, 3.8) is 0 Å². The third kappa shape index (κ3) is 12.9. The van der Waals surface area contributed by atoms with Crippen molar-refractivity contribution in [3.05, 3.63) is 143 Å². The average Bonchev–Trinajstić information content (AvgIpc) is 3.40. The zero-order valence-corrected chi connectivity index (χ0v) is 39.8. The Morgan fingerprint density at radius 3 is 0.958 bits per heavy atom. The molecule has 17 nitrogen and oxygen atoms in total. The van der Waals surface area contributed by atoms with Gasteiger partial charge >= 0.3 is 11.9 Å². The summed E-state index contributed by atoms with van der Waals surface area (Å²) in [6.45, 7) is 11.4. The van der Waals surface area contributed by atoms with Crippen molar-refractivity contribution in [2.45, 2.75) is 12.8 Å². The van der Waals surface area contributed by atoms with Gasteiger partial charge in [-0.1, -0.05) is 72.8 Å². The summed E-state index contributed by atoms with van der Waals surface area (Å²) in [5.74, 6) is -2.16. The number of hydrogen-bond donors (Lipinski definition) is 6. The van der Waals surface area contributed by atoms with E-state index in [9.17, 15) is 28.8 Å². The van der Waals surface area contributed by atoms with Gasteiger partial charge in [0.2, 0.25) is 0 Å². The van der Waals surface area contributed by atoms with Gasteiger partial charge in [-0.05, 0) is 91.6 Å². The number of rotatable bonds is 18. The van der Waals surface area contributed by atoms with E-state index in [1.165, 1.54) is 9.80 Å². The largest absolute Gasteiger partial charge is 0.386 e. The molecule has 71 heavy (non-hydrogen) atoms. The van der Waals surface area contributed by atoms with E-state index < -0.39 is 11.9 Å². The first-order valence-corrected chi connectivity index (χ1v) is 24.2. The zero-order valence-electron chi connectivity index (χ0n) is 39.8. The topological polar surface area (TPSA) is 237 Å². The van der Waals surface area contributed by atoms with Crippen LogP contribution in [0.1, 0.15) is 75.0 Å². The van der Waals surface area contributed by atoms with Crippen LogP contribution in [-0.4, -0.2) is 150 Å². The number of cyclic esters (lactones) is 2. The number of esters is 2. The predicted molar refractivity (Wildman–Crippen MR) is 273 cm³/mol. The molecule has 1 fully saturated rings. The van der Waals surface area contributed by atoms with Crippen LogP contribution in [0.25, 0.3) is 32.3 Å². The highest BCUT2D eigenvalue weighted by molar-refractivity contribution is 6.26. The summed E-state index contributed by atoms with van der Waals surface area (Å²) < 4.78 is 14.5. The summed E-state index contributed by atoms with van der Waals surface area (Å²) in [5.41, 5.74) is 13.8. The van der Waals surface area contributed by atoms with Crippen LogP contribution in [0.4, 0.5) is 0 Å². The molecular weight excluding hydrogens is 905 g/mol. The van der Waals surface area contributed by atoms with Gasteiger partial charge in [0.15, 0.2) is 0 Å². The van der Waals surface area contributed by atoms with Crippen LogP contribution in [0.3, 0.4) is 0 Å². The first-order chi connectivity index (χ1) is 34.7. The van der Waals surface area contributed by atoms with E-state index in [0.29, 0.717) is 78.0 Å². The van der Waals surface area contributed by atoms with Crippen molar-refractivity contribution < 1.29 is 43.0 Å². The van der Waals surface area contributed by atoms with Crippen LogP contribution in [-0.2, 0) is 14.2 Å². The Bertz CT molecular complexity index is 2560. The minimum Gasteiger partial charge on any atom is -0.386 e. The molecule has 10 rings (SSSR count). The van der Waals surface area contributed by atoms with Crippen LogP contribution < -0.4 is 32.7 Å². The Balaban J connectivity index is 0.000000186. The van der Waals surface area contributed by atoms with E-state index in [2.05, 4.69) is 26.0 Å². The average molecular weight is 967 g/mol. The maximum Gasteiger partial charge on any atom is 0.346 e. The molecule has 6 aromatic carbocycles. The number of hydrogen-bond acceptors (Lipinski definition) is 15. The molecule has 0 bridgehead atoms. The first kappa shape index (κ1) is 52.0. The van der Waals surface area contributed by atoms with E-state index in [-0.39, 0.29) is 23.6 Å². The molecule has 0 spiro atoms. The molecule has 8 N–H and O–H groups in total. The minimum absolute atomic E-state index is 0.256. The highest BCUT2D eigenvalue weighted by atomic mass is 16.6. The van der Waals surface area contributed by atoms with Crippen molar-refractivity contribution in [2.24, 2.45) is 11.5 Å². The second-order valence-electron chi connectivity index (χ2n) is 16.8. The van der Waals surface area contributed by atoms with Gasteiger partial charge in [-0.2, -0.15) is 0 Å². The van der Waals surface area contributed by atoms with Crippen LogP contribution in [0.5, 0.6) is 0 Å². The fourth-order valence-corrected chi connectivity index (χ4v) is 8.64. The van der Waals surface area contributed by atoms with Gasteiger partial charge in [0.25, 0.3) is 23.6 Å². The standard InChI is InChI=1S/C31H28N4O4.C12H6O3.C7H20N4.C4H8O2/c36-28-22-10-1-6-20-7-2-11-23(26(20)22)29(37)34(28)18-16-32-14-5-15-33-17-19-35-30(38)24-12-3-8-21-9-4-13-25(27(21)24)31(35)39;13-11-8-5-1-3-7-4-2-6-9(10(7)8)12(14)15-11;8-2-6-10-4-1-5-11-7-3-9;1-2-6-4-3-5-1/h1-4,6-13,32-33H,5,14-19H2;1-6H;10-11H,1-9H2;1-4H2. The molecule has 4 aliphatic rings. The minimum atomic E-state index is -0.565. The van der Waals surface area contributed by atoms with Crippen molar-refractivity contribution in [3.8, 4) is 0 Å². The van der Waals surface area contributed by atoms with Crippen LogP contribution in [0, 0.1) is 0 Å². The summed E-state index contributed by atoms with van der Waals surface area (Å²) >= 11 is 0. The number of carbonyl (C=O) groups is 6. The second kappa shape index (κ2) is 26.4. The Labute approximate surface area is 412 Å². The molecule has 4 amide bonds. The summed E-state index contributed by atoms with van der Waals surface area (Å²) in [6, 6.07) is 32.7. The van der Waals surface area contributed by atoms with Crippen molar-refractivity contribution in [2.75, 3.05) is 105 Å². The van der Waals surface area contributed by atoms with Gasteiger partial charge in [-0.15, -0.1) is 0 Å². The van der Waals surface area contributed by atoms with Gasteiger partial charge in [0.1, 0.15) is 0 Å². The molecule has 1 saturated heterocycles. The number of imide groups is 2. The lowest BCUT2D eigenvalue weighted by molar-refractivity contribution is -0.0334. The molecule has 6 aromatic rings. The molecule has 17 heteroatoms. The maximum atomic E-state index is 13.0. The number of nitrogens with two attached hydrogens (primary N) is 2. The smallest absolute Gasteiger partial charge is 0.346 e. The Kier molecular flexibility index (Phi) is 19.4. The fraction of sp³-hybridized carbons (Fsp3) is 0.333. The highest BCUT2D eigenvalue weighted by Gasteiger charge is 2.33.